The average molecular weight is 277 g/mol. The van der Waals surface area contributed by atoms with Gasteiger partial charge in [-0.05, 0) is 48.5 Å². The highest BCUT2D eigenvalue weighted by Gasteiger charge is 1.96. The van der Waals surface area contributed by atoms with E-state index in [1.54, 1.807) is 48.5 Å². The van der Waals surface area contributed by atoms with Gasteiger partial charge in [0.05, 0.1) is 23.4 Å². The molecule has 0 bridgehead atoms. The van der Waals surface area contributed by atoms with Crippen molar-refractivity contribution in [2.24, 2.45) is 10.2 Å². The Morgan fingerprint density at radius 2 is 1.42 bits per heavy atom. The molecule has 0 unspecified atom stereocenters. The Labute approximate surface area is 113 Å². The summed E-state index contributed by atoms with van der Waals surface area (Å²) in [7, 11) is 0. The molecule has 2 aromatic rings. The summed E-state index contributed by atoms with van der Waals surface area (Å²) in [5.74, 6) is 0. The maximum atomic E-state index is 8.03. The Bertz CT molecular complexity index is 543. The monoisotopic (exact) mass is 277 g/mol. The Balaban J connectivity index is 2.00. The lowest BCUT2D eigenvalue weighted by molar-refractivity contribution is -0.432. The minimum Gasteiger partial charge on any atom is -0.399 e. The van der Waals surface area contributed by atoms with E-state index in [1.807, 2.05) is 0 Å². The number of hydrogen-bond donors (Lipinski definition) is 2. The lowest BCUT2D eigenvalue weighted by atomic mass is 10.3. The molecule has 0 aliphatic rings. The van der Waals surface area contributed by atoms with Gasteiger partial charge in [0.1, 0.15) is 0 Å². The van der Waals surface area contributed by atoms with Gasteiger partial charge in [0.25, 0.3) is 0 Å². The van der Waals surface area contributed by atoms with Crippen LogP contribution in [0.2, 0.25) is 0 Å². The largest absolute Gasteiger partial charge is 0.399 e. The fraction of sp³-hybridized carbons (Fsp3) is 0. The van der Waals surface area contributed by atoms with Crippen LogP contribution >= 0.6 is 12.0 Å². The fourth-order valence-electron chi connectivity index (χ4n) is 1.28. The predicted octanol–water partition coefficient (Wildman–Crippen LogP) is 4.11. The normalized spacial score (nSPS) is 11.0. The lowest BCUT2D eigenvalue weighted by Crippen LogP contribution is -1.80. The summed E-state index contributed by atoms with van der Waals surface area (Å²) in [6, 6.07) is 14.2. The van der Waals surface area contributed by atoms with Crippen LogP contribution in [0.25, 0.3) is 0 Å². The Hall–Kier alpha value is -1.93. The number of anilines is 1. The molecule has 0 aliphatic carbocycles. The maximum absolute atomic E-state index is 8.03. The zero-order chi connectivity index (χ0) is 13.5. The maximum Gasteiger partial charge on any atom is 0.0858 e. The van der Waals surface area contributed by atoms with Crippen LogP contribution in [-0.4, -0.2) is 5.26 Å². The molecule has 0 saturated carbocycles. The first-order chi connectivity index (χ1) is 9.28. The number of benzene rings is 2. The predicted molar refractivity (Wildman–Crippen MR) is 72.1 cm³/mol. The van der Waals surface area contributed by atoms with Gasteiger partial charge in [-0.3, -0.25) is 0 Å². The zero-order valence-electron chi connectivity index (χ0n) is 9.76. The SMILES string of the molecule is Nc1ccc(N=Nc2ccc(SOOO)cc2)cc1. The molecule has 0 heterocycles. The molecule has 2 aromatic carbocycles. The van der Waals surface area contributed by atoms with Gasteiger partial charge in [0.2, 0.25) is 0 Å². The molecule has 0 amide bonds. The standard InChI is InChI=1S/C12H11N3O3S/c13-9-1-3-10(4-2-9)14-15-11-5-7-12(8-6-11)19-18-17-16/h1-8,16H,13H2. The van der Waals surface area contributed by atoms with Crippen LogP contribution < -0.4 is 5.73 Å². The number of azo groups is 1. The Morgan fingerprint density at radius 3 is 1.95 bits per heavy atom. The second-order valence-electron chi connectivity index (χ2n) is 3.51. The first kappa shape index (κ1) is 13.5. The molecule has 0 saturated heterocycles. The van der Waals surface area contributed by atoms with E-state index in [9.17, 15) is 0 Å². The van der Waals surface area contributed by atoms with Crippen LogP contribution in [0.15, 0.2) is 63.7 Å². The van der Waals surface area contributed by atoms with Crippen LogP contribution in [-0.2, 0) is 9.37 Å². The highest BCUT2D eigenvalue weighted by atomic mass is 32.2. The molecular weight excluding hydrogens is 266 g/mol. The van der Waals surface area contributed by atoms with Crippen molar-refractivity contribution in [1.82, 2.24) is 0 Å². The first-order valence-corrected chi connectivity index (χ1v) is 6.04. The van der Waals surface area contributed by atoms with Gasteiger partial charge < -0.3 is 5.73 Å². The summed E-state index contributed by atoms with van der Waals surface area (Å²) in [4.78, 5) is 0.764. The number of hydrogen-bond acceptors (Lipinski definition) is 7. The van der Waals surface area contributed by atoms with E-state index >= 15 is 0 Å². The third-order valence-electron chi connectivity index (χ3n) is 2.17. The molecule has 98 valence electrons. The van der Waals surface area contributed by atoms with Gasteiger partial charge in [-0.2, -0.15) is 10.2 Å². The summed E-state index contributed by atoms with van der Waals surface area (Å²) < 4.78 is 4.31. The third kappa shape index (κ3) is 4.34. The number of rotatable bonds is 5. The van der Waals surface area contributed by atoms with Gasteiger partial charge in [-0.25, -0.2) is 5.26 Å². The molecule has 7 heteroatoms. The summed E-state index contributed by atoms with van der Waals surface area (Å²) in [5, 5.41) is 19.7. The highest BCUT2D eigenvalue weighted by molar-refractivity contribution is 7.94. The van der Waals surface area contributed by atoms with Gasteiger partial charge in [0.15, 0.2) is 0 Å². The molecule has 0 spiro atoms. The van der Waals surface area contributed by atoms with E-state index in [1.165, 1.54) is 0 Å². The molecule has 0 aromatic heterocycles. The fourth-order valence-corrected chi connectivity index (χ4v) is 1.64. The van der Waals surface area contributed by atoms with Crippen molar-refractivity contribution in [3.05, 3.63) is 48.5 Å². The summed E-state index contributed by atoms with van der Waals surface area (Å²) >= 11 is 0.887. The van der Waals surface area contributed by atoms with Gasteiger partial charge >= 0.3 is 0 Å². The smallest absolute Gasteiger partial charge is 0.0858 e. The van der Waals surface area contributed by atoms with Crippen molar-refractivity contribution in [3.63, 3.8) is 0 Å². The minimum atomic E-state index is 0.687. The molecular formula is C12H11N3O3S. The molecule has 0 radical (unpaired) electrons. The molecule has 0 atom stereocenters. The van der Waals surface area contributed by atoms with Crippen LogP contribution in [0.1, 0.15) is 0 Å². The number of nitrogens with two attached hydrogens (primary N) is 1. The summed E-state index contributed by atoms with van der Waals surface area (Å²) in [6.45, 7) is 0. The van der Waals surface area contributed by atoms with Crippen molar-refractivity contribution < 1.29 is 14.6 Å². The molecule has 19 heavy (non-hydrogen) atoms. The van der Waals surface area contributed by atoms with Crippen LogP contribution in [0.4, 0.5) is 17.1 Å². The van der Waals surface area contributed by atoms with Crippen LogP contribution in [0, 0.1) is 0 Å². The van der Waals surface area contributed by atoms with Crippen LogP contribution in [0.3, 0.4) is 0 Å². The van der Waals surface area contributed by atoms with E-state index in [-0.39, 0.29) is 0 Å². The van der Waals surface area contributed by atoms with Crippen molar-refractivity contribution in [2.45, 2.75) is 4.90 Å². The number of nitrogens with zero attached hydrogens (tertiary/aromatic N) is 2. The molecule has 0 fully saturated rings. The second kappa shape index (κ2) is 6.86. The first-order valence-electron chi connectivity index (χ1n) is 5.30. The Kier molecular flexibility index (Phi) is 4.87. The molecule has 6 nitrogen and oxygen atoms in total. The number of nitrogen functional groups attached to an aromatic ring is 1. The quantitative estimate of drug-likeness (QED) is 0.282. The van der Waals surface area contributed by atoms with E-state index in [4.69, 9.17) is 11.0 Å². The van der Waals surface area contributed by atoms with E-state index < -0.39 is 0 Å². The summed E-state index contributed by atoms with van der Waals surface area (Å²) in [6.07, 6.45) is 0. The molecule has 2 rings (SSSR count). The zero-order valence-corrected chi connectivity index (χ0v) is 10.6. The summed E-state index contributed by atoms with van der Waals surface area (Å²) in [5.41, 5.74) is 7.69. The lowest BCUT2D eigenvalue weighted by Gasteiger charge is -1.98. The van der Waals surface area contributed by atoms with Crippen molar-refractivity contribution in [1.29, 1.82) is 0 Å². The highest BCUT2D eigenvalue weighted by Crippen LogP contribution is 2.24. The van der Waals surface area contributed by atoms with Crippen molar-refractivity contribution in [3.8, 4) is 0 Å². The van der Waals surface area contributed by atoms with E-state index in [2.05, 4.69) is 19.6 Å². The topological polar surface area (TPSA) is 89.4 Å². The molecule has 0 aliphatic heterocycles. The van der Waals surface area contributed by atoms with Gasteiger partial charge in [-0.15, -0.1) is 4.33 Å². The Morgan fingerprint density at radius 1 is 0.895 bits per heavy atom. The average Bonchev–Trinajstić information content (AvgIpc) is 2.46. The minimum absolute atomic E-state index is 0.687. The van der Waals surface area contributed by atoms with Gasteiger partial charge in [0, 0.05) is 10.6 Å². The molecule has 3 N–H and O–H groups in total. The van der Waals surface area contributed by atoms with Gasteiger partial charge in [-0.1, -0.05) is 5.04 Å². The third-order valence-corrected chi connectivity index (χ3v) is 2.76. The van der Waals surface area contributed by atoms with E-state index in [0.717, 1.165) is 22.6 Å². The van der Waals surface area contributed by atoms with Crippen molar-refractivity contribution >= 4 is 29.1 Å². The second-order valence-corrected chi connectivity index (χ2v) is 4.29. The van der Waals surface area contributed by atoms with Crippen molar-refractivity contribution in [2.75, 3.05) is 5.73 Å². The van der Waals surface area contributed by atoms with Crippen LogP contribution in [0.5, 0.6) is 0 Å². The van der Waals surface area contributed by atoms with E-state index in [0.29, 0.717) is 11.4 Å².